The molecule has 0 aliphatic carbocycles. The van der Waals surface area contributed by atoms with Gasteiger partial charge in [-0.05, 0) is 31.5 Å². The molecule has 1 aromatic carbocycles. The SMILES string of the molecule is CC(C)CC#Cc1cnc2c(c1)C(=O)N([C@H](C)CO)C[C@H](C)[C@H](CN(C)Cc1ccccc1)O2. The zero-order valence-corrected chi connectivity index (χ0v) is 21.0. The van der Waals surface area contributed by atoms with Crippen LogP contribution in [0.5, 0.6) is 5.88 Å². The molecule has 3 atom stereocenters. The normalized spacial score (nSPS) is 19.1. The molecular weight excluding hydrogens is 426 g/mol. The number of nitrogens with zero attached hydrogens (tertiary/aromatic N) is 3. The summed E-state index contributed by atoms with van der Waals surface area (Å²) >= 11 is 0. The van der Waals surface area contributed by atoms with Crippen LogP contribution in [0.25, 0.3) is 0 Å². The number of benzene rings is 1. The fourth-order valence-corrected chi connectivity index (χ4v) is 4.01. The van der Waals surface area contributed by atoms with Gasteiger partial charge in [0.05, 0.1) is 12.6 Å². The van der Waals surface area contributed by atoms with Crippen LogP contribution in [0, 0.1) is 23.7 Å². The first-order chi connectivity index (χ1) is 16.3. The molecule has 1 N–H and O–H groups in total. The third kappa shape index (κ3) is 6.82. The summed E-state index contributed by atoms with van der Waals surface area (Å²) in [5.41, 5.74) is 2.33. The standard InChI is InChI=1S/C28H37N3O3/c1-20(2)10-9-13-24-14-25-27(29-15-24)34-26(18-30(5)17-23-11-7-6-8-12-23)21(3)16-31(28(25)33)22(4)19-32/h6-8,11-12,14-15,20-22,26,32H,10,16-19H2,1-5H3/t21-,22+,26-/m0/s1. The van der Waals surface area contributed by atoms with Crippen LogP contribution >= 0.6 is 0 Å². The summed E-state index contributed by atoms with van der Waals surface area (Å²) in [4.78, 5) is 22.0. The number of likely N-dealkylation sites (N-methyl/N-ethyl adjacent to an activating group) is 1. The van der Waals surface area contributed by atoms with E-state index in [4.69, 9.17) is 4.74 Å². The van der Waals surface area contributed by atoms with Crippen molar-refractivity contribution in [1.82, 2.24) is 14.8 Å². The quantitative estimate of drug-likeness (QED) is 0.632. The Balaban J connectivity index is 1.89. The van der Waals surface area contributed by atoms with E-state index in [9.17, 15) is 9.90 Å². The molecule has 1 aliphatic rings. The summed E-state index contributed by atoms with van der Waals surface area (Å²) < 4.78 is 6.38. The molecular formula is C28H37N3O3. The van der Waals surface area contributed by atoms with E-state index < -0.39 is 0 Å². The predicted octanol–water partition coefficient (Wildman–Crippen LogP) is 3.83. The van der Waals surface area contributed by atoms with E-state index in [1.807, 2.05) is 25.1 Å². The summed E-state index contributed by atoms with van der Waals surface area (Å²) in [6.45, 7) is 10.1. The Morgan fingerprint density at radius 2 is 2.00 bits per heavy atom. The van der Waals surface area contributed by atoms with Gasteiger partial charge in [-0.25, -0.2) is 4.98 Å². The van der Waals surface area contributed by atoms with E-state index in [-0.39, 0.29) is 30.6 Å². The number of amides is 1. The largest absolute Gasteiger partial charge is 0.472 e. The van der Waals surface area contributed by atoms with Crippen molar-refractivity contribution in [2.24, 2.45) is 11.8 Å². The van der Waals surface area contributed by atoms with Crippen molar-refractivity contribution in [3.8, 4) is 17.7 Å². The van der Waals surface area contributed by atoms with Gasteiger partial charge in [0, 0.05) is 43.7 Å². The van der Waals surface area contributed by atoms with Crippen LogP contribution < -0.4 is 4.74 Å². The van der Waals surface area contributed by atoms with Crippen LogP contribution in [-0.2, 0) is 6.54 Å². The van der Waals surface area contributed by atoms with Crippen LogP contribution in [0.3, 0.4) is 0 Å². The zero-order valence-electron chi connectivity index (χ0n) is 21.0. The Morgan fingerprint density at radius 3 is 2.68 bits per heavy atom. The second-order valence-corrected chi connectivity index (χ2v) is 9.78. The monoisotopic (exact) mass is 463 g/mol. The highest BCUT2D eigenvalue weighted by Gasteiger charge is 2.34. The maximum Gasteiger partial charge on any atom is 0.259 e. The number of ether oxygens (including phenoxy) is 1. The molecule has 0 spiro atoms. The maximum atomic E-state index is 13.5. The summed E-state index contributed by atoms with van der Waals surface area (Å²) in [7, 11) is 2.07. The number of carbonyl (C=O) groups is 1. The van der Waals surface area contributed by atoms with Gasteiger partial charge in [0.15, 0.2) is 0 Å². The third-order valence-electron chi connectivity index (χ3n) is 6.05. The van der Waals surface area contributed by atoms with E-state index in [0.717, 1.165) is 13.0 Å². The molecule has 2 heterocycles. The van der Waals surface area contributed by atoms with E-state index in [2.05, 4.69) is 61.7 Å². The molecule has 0 saturated carbocycles. The second kappa shape index (κ2) is 12.0. The average molecular weight is 464 g/mol. The smallest absolute Gasteiger partial charge is 0.259 e. The summed E-state index contributed by atoms with van der Waals surface area (Å²) in [6.07, 6.45) is 2.29. The molecule has 0 unspecified atom stereocenters. The molecule has 1 amide bonds. The van der Waals surface area contributed by atoms with Gasteiger partial charge in [-0.1, -0.05) is 62.9 Å². The number of hydrogen-bond donors (Lipinski definition) is 1. The molecule has 2 aromatic rings. The Labute approximate surface area is 203 Å². The van der Waals surface area contributed by atoms with Crippen LogP contribution in [0.15, 0.2) is 42.6 Å². The summed E-state index contributed by atoms with van der Waals surface area (Å²) in [6, 6.07) is 11.8. The number of aromatic nitrogens is 1. The topological polar surface area (TPSA) is 65.9 Å². The molecule has 0 saturated heterocycles. The molecule has 182 valence electrons. The lowest BCUT2D eigenvalue weighted by atomic mass is 9.99. The molecule has 3 rings (SSSR count). The average Bonchev–Trinajstić information content (AvgIpc) is 2.81. The van der Waals surface area contributed by atoms with Crippen LogP contribution in [-0.4, -0.2) is 64.7 Å². The fourth-order valence-electron chi connectivity index (χ4n) is 4.01. The van der Waals surface area contributed by atoms with Crippen molar-refractivity contribution in [3.63, 3.8) is 0 Å². The number of rotatable bonds is 7. The molecule has 0 fully saturated rings. The fraction of sp³-hybridized carbons (Fsp3) is 0.500. The maximum absolute atomic E-state index is 13.5. The first-order valence-electron chi connectivity index (χ1n) is 12.1. The Hall–Kier alpha value is -2.88. The predicted molar refractivity (Wildman–Crippen MR) is 135 cm³/mol. The van der Waals surface area contributed by atoms with E-state index in [0.29, 0.717) is 36.0 Å². The number of carbonyl (C=O) groups excluding carboxylic acids is 1. The summed E-state index contributed by atoms with van der Waals surface area (Å²) in [5, 5.41) is 9.83. The van der Waals surface area contributed by atoms with Gasteiger partial charge in [0.25, 0.3) is 5.91 Å². The van der Waals surface area contributed by atoms with E-state index in [1.54, 1.807) is 17.2 Å². The highest BCUT2D eigenvalue weighted by atomic mass is 16.5. The lowest BCUT2D eigenvalue weighted by molar-refractivity contribution is 0.0325. The first kappa shape index (κ1) is 25.7. The van der Waals surface area contributed by atoms with Crippen molar-refractivity contribution in [2.45, 2.75) is 52.8 Å². The van der Waals surface area contributed by atoms with Gasteiger partial charge in [-0.3, -0.25) is 9.69 Å². The minimum absolute atomic E-state index is 0.0524. The number of aliphatic hydroxyl groups is 1. The molecule has 6 nitrogen and oxygen atoms in total. The number of aliphatic hydroxyl groups excluding tert-OH is 1. The van der Waals surface area contributed by atoms with Crippen molar-refractivity contribution in [2.75, 3.05) is 26.7 Å². The van der Waals surface area contributed by atoms with Crippen molar-refractivity contribution < 1.29 is 14.6 Å². The Morgan fingerprint density at radius 1 is 1.26 bits per heavy atom. The molecule has 34 heavy (non-hydrogen) atoms. The van der Waals surface area contributed by atoms with Crippen LogP contribution in [0.1, 0.15) is 55.6 Å². The summed E-state index contributed by atoms with van der Waals surface area (Å²) in [5.74, 6) is 6.96. The van der Waals surface area contributed by atoms with Crippen LogP contribution in [0.2, 0.25) is 0 Å². The number of hydrogen-bond acceptors (Lipinski definition) is 5. The number of fused-ring (bicyclic) bond motifs is 1. The zero-order chi connectivity index (χ0) is 24.7. The minimum Gasteiger partial charge on any atom is -0.472 e. The number of pyridine rings is 1. The molecule has 6 heteroatoms. The second-order valence-electron chi connectivity index (χ2n) is 9.78. The van der Waals surface area contributed by atoms with E-state index in [1.165, 1.54) is 5.56 Å². The van der Waals surface area contributed by atoms with Gasteiger partial charge in [-0.15, -0.1) is 0 Å². The Bertz CT molecular complexity index is 1010. The highest BCUT2D eigenvalue weighted by molar-refractivity contribution is 5.97. The molecule has 0 radical (unpaired) electrons. The molecule has 1 aromatic heterocycles. The van der Waals surface area contributed by atoms with Gasteiger partial charge in [-0.2, -0.15) is 0 Å². The molecule has 1 aliphatic heterocycles. The van der Waals surface area contributed by atoms with E-state index >= 15 is 0 Å². The lowest BCUT2D eigenvalue weighted by Crippen LogP contribution is -2.49. The van der Waals surface area contributed by atoms with Crippen molar-refractivity contribution in [3.05, 3.63) is 59.3 Å². The van der Waals surface area contributed by atoms with Crippen LogP contribution in [0.4, 0.5) is 0 Å². The van der Waals surface area contributed by atoms with Gasteiger partial charge < -0.3 is 14.7 Å². The third-order valence-corrected chi connectivity index (χ3v) is 6.05. The Kier molecular flexibility index (Phi) is 9.09. The van der Waals surface area contributed by atoms with Crippen molar-refractivity contribution >= 4 is 5.91 Å². The van der Waals surface area contributed by atoms with Gasteiger partial charge in [0.1, 0.15) is 11.7 Å². The minimum atomic E-state index is -0.306. The highest BCUT2D eigenvalue weighted by Crippen LogP contribution is 2.27. The first-order valence-corrected chi connectivity index (χ1v) is 12.1. The lowest BCUT2D eigenvalue weighted by Gasteiger charge is -2.37. The van der Waals surface area contributed by atoms with Crippen molar-refractivity contribution in [1.29, 1.82) is 0 Å². The molecule has 0 bridgehead atoms. The van der Waals surface area contributed by atoms with Gasteiger partial charge in [0.2, 0.25) is 5.88 Å². The van der Waals surface area contributed by atoms with Gasteiger partial charge >= 0.3 is 0 Å².